The standard InChI is InChI=1S/C19H23FN2O6/c1-12(23)21-16(11-13-6-4-7-14(20)10-13)18(25)22-15(19(26)28-3)8-5-9-17(24)27-2/h4-7,9-10,15-16H,8,11H2,1-3H3,(H,21,23)(H,22,25)/b9-5+/t15-,16-/m0/s1. The Morgan fingerprint density at radius 3 is 2.39 bits per heavy atom. The lowest BCUT2D eigenvalue weighted by molar-refractivity contribution is -0.145. The van der Waals surface area contributed by atoms with E-state index in [2.05, 4.69) is 20.1 Å². The molecule has 8 nitrogen and oxygen atoms in total. The van der Waals surface area contributed by atoms with Crippen LogP contribution in [0.3, 0.4) is 0 Å². The third-order valence-corrected chi connectivity index (χ3v) is 3.65. The van der Waals surface area contributed by atoms with Crippen molar-refractivity contribution in [2.24, 2.45) is 0 Å². The third kappa shape index (κ3) is 7.98. The van der Waals surface area contributed by atoms with Crippen LogP contribution in [-0.4, -0.2) is 50.1 Å². The number of rotatable bonds is 9. The monoisotopic (exact) mass is 394 g/mol. The van der Waals surface area contributed by atoms with Crippen LogP contribution in [0.4, 0.5) is 4.39 Å². The van der Waals surface area contributed by atoms with Crippen molar-refractivity contribution in [3.63, 3.8) is 0 Å². The lowest BCUT2D eigenvalue weighted by Crippen LogP contribution is -2.52. The molecular formula is C19H23FN2O6. The lowest BCUT2D eigenvalue weighted by atomic mass is 10.0. The second kappa shape index (κ2) is 11.5. The van der Waals surface area contributed by atoms with E-state index in [-0.39, 0.29) is 12.8 Å². The second-order valence-electron chi connectivity index (χ2n) is 5.83. The van der Waals surface area contributed by atoms with Crippen LogP contribution >= 0.6 is 0 Å². The zero-order valence-electron chi connectivity index (χ0n) is 15.9. The molecule has 2 atom stereocenters. The Kier molecular flexibility index (Phi) is 9.35. The van der Waals surface area contributed by atoms with Gasteiger partial charge in [0, 0.05) is 19.4 Å². The first-order chi connectivity index (χ1) is 13.3. The van der Waals surface area contributed by atoms with Gasteiger partial charge in [-0.2, -0.15) is 0 Å². The average molecular weight is 394 g/mol. The average Bonchev–Trinajstić information content (AvgIpc) is 2.65. The molecule has 0 heterocycles. The summed E-state index contributed by atoms with van der Waals surface area (Å²) in [7, 11) is 2.36. The van der Waals surface area contributed by atoms with E-state index in [1.807, 2.05) is 0 Å². The zero-order valence-corrected chi connectivity index (χ0v) is 15.9. The van der Waals surface area contributed by atoms with Crippen LogP contribution in [0, 0.1) is 5.82 Å². The number of methoxy groups -OCH3 is 2. The first-order valence-electron chi connectivity index (χ1n) is 8.41. The predicted molar refractivity (Wildman–Crippen MR) is 97.4 cm³/mol. The van der Waals surface area contributed by atoms with Crippen molar-refractivity contribution in [1.82, 2.24) is 10.6 Å². The molecule has 1 aromatic rings. The number of hydrogen-bond acceptors (Lipinski definition) is 6. The molecule has 0 spiro atoms. The van der Waals surface area contributed by atoms with Gasteiger partial charge in [-0.3, -0.25) is 9.59 Å². The van der Waals surface area contributed by atoms with Gasteiger partial charge in [-0.05, 0) is 24.1 Å². The summed E-state index contributed by atoms with van der Waals surface area (Å²) in [5.41, 5.74) is 0.495. The van der Waals surface area contributed by atoms with Crippen LogP contribution in [0.5, 0.6) is 0 Å². The molecule has 1 rings (SSSR count). The minimum atomic E-state index is -1.08. The van der Waals surface area contributed by atoms with Crippen LogP contribution in [0.2, 0.25) is 0 Å². The van der Waals surface area contributed by atoms with Gasteiger partial charge in [-0.15, -0.1) is 0 Å². The summed E-state index contributed by atoms with van der Waals surface area (Å²) in [4.78, 5) is 47.1. The van der Waals surface area contributed by atoms with E-state index in [9.17, 15) is 23.6 Å². The summed E-state index contributed by atoms with van der Waals surface area (Å²) in [5.74, 6) is -2.93. The minimum absolute atomic E-state index is 0.0229. The number of carbonyl (C=O) groups is 4. The zero-order chi connectivity index (χ0) is 21.1. The van der Waals surface area contributed by atoms with E-state index < -0.39 is 41.7 Å². The van der Waals surface area contributed by atoms with Crippen LogP contribution in [0.1, 0.15) is 18.9 Å². The normalized spacial score (nSPS) is 12.7. The number of halogens is 1. The van der Waals surface area contributed by atoms with Crippen LogP contribution in [0.25, 0.3) is 0 Å². The number of benzene rings is 1. The Morgan fingerprint density at radius 1 is 1.11 bits per heavy atom. The fraction of sp³-hybridized carbons (Fsp3) is 0.368. The number of ether oxygens (including phenoxy) is 2. The fourth-order valence-electron chi connectivity index (χ4n) is 2.35. The molecule has 0 unspecified atom stereocenters. The van der Waals surface area contributed by atoms with Gasteiger partial charge in [-0.1, -0.05) is 18.2 Å². The molecule has 9 heteroatoms. The Morgan fingerprint density at radius 2 is 1.82 bits per heavy atom. The Hall–Kier alpha value is -3.23. The molecular weight excluding hydrogens is 371 g/mol. The summed E-state index contributed by atoms with van der Waals surface area (Å²) >= 11 is 0. The summed E-state index contributed by atoms with van der Waals surface area (Å²) in [6, 6.07) is 3.50. The van der Waals surface area contributed by atoms with Crippen molar-refractivity contribution in [2.45, 2.75) is 31.8 Å². The summed E-state index contributed by atoms with van der Waals surface area (Å²) in [5, 5.41) is 4.95. The molecule has 0 saturated heterocycles. The number of amides is 2. The van der Waals surface area contributed by atoms with Gasteiger partial charge in [0.2, 0.25) is 11.8 Å². The van der Waals surface area contributed by atoms with Crippen LogP contribution in [-0.2, 0) is 35.1 Å². The van der Waals surface area contributed by atoms with Crippen molar-refractivity contribution < 1.29 is 33.0 Å². The van der Waals surface area contributed by atoms with Crippen LogP contribution in [0.15, 0.2) is 36.4 Å². The Balaban J connectivity index is 2.91. The van der Waals surface area contributed by atoms with Gasteiger partial charge < -0.3 is 20.1 Å². The predicted octanol–water partition coefficient (Wildman–Crippen LogP) is 0.650. The van der Waals surface area contributed by atoms with Gasteiger partial charge in [0.1, 0.15) is 17.9 Å². The highest BCUT2D eigenvalue weighted by atomic mass is 19.1. The van der Waals surface area contributed by atoms with E-state index in [4.69, 9.17) is 0 Å². The number of carbonyl (C=O) groups excluding carboxylic acids is 4. The highest BCUT2D eigenvalue weighted by molar-refractivity contribution is 5.90. The van der Waals surface area contributed by atoms with E-state index in [0.717, 1.165) is 13.2 Å². The van der Waals surface area contributed by atoms with E-state index in [0.29, 0.717) is 5.56 Å². The number of esters is 2. The van der Waals surface area contributed by atoms with Gasteiger partial charge >= 0.3 is 11.9 Å². The maximum Gasteiger partial charge on any atom is 0.330 e. The summed E-state index contributed by atoms with van der Waals surface area (Å²) in [6.45, 7) is 1.24. The maximum atomic E-state index is 13.4. The van der Waals surface area contributed by atoms with Gasteiger partial charge in [0.25, 0.3) is 0 Å². The SMILES string of the molecule is COC(=O)/C=C/C[C@H](NC(=O)[C@H](Cc1cccc(F)c1)NC(C)=O)C(=O)OC. The van der Waals surface area contributed by atoms with Gasteiger partial charge in [0.05, 0.1) is 14.2 Å². The molecule has 2 amide bonds. The maximum absolute atomic E-state index is 13.4. The van der Waals surface area contributed by atoms with Crippen molar-refractivity contribution in [2.75, 3.05) is 14.2 Å². The molecule has 0 bridgehead atoms. The summed E-state index contributed by atoms with van der Waals surface area (Å²) in [6.07, 6.45) is 2.46. The third-order valence-electron chi connectivity index (χ3n) is 3.65. The number of hydrogen-bond donors (Lipinski definition) is 2. The molecule has 0 aliphatic carbocycles. The van der Waals surface area contributed by atoms with E-state index in [1.165, 1.54) is 38.3 Å². The molecule has 0 aromatic heterocycles. The summed E-state index contributed by atoms with van der Waals surface area (Å²) < 4.78 is 22.5. The molecule has 0 aliphatic rings. The van der Waals surface area contributed by atoms with Crippen molar-refractivity contribution in [1.29, 1.82) is 0 Å². The lowest BCUT2D eigenvalue weighted by Gasteiger charge is -2.21. The molecule has 0 saturated carbocycles. The van der Waals surface area contributed by atoms with E-state index in [1.54, 1.807) is 6.07 Å². The molecule has 28 heavy (non-hydrogen) atoms. The van der Waals surface area contributed by atoms with E-state index >= 15 is 0 Å². The minimum Gasteiger partial charge on any atom is -0.467 e. The highest BCUT2D eigenvalue weighted by Crippen LogP contribution is 2.08. The highest BCUT2D eigenvalue weighted by Gasteiger charge is 2.26. The van der Waals surface area contributed by atoms with Crippen molar-refractivity contribution in [3.05, 3.63) is 47.8 Å². The van der Waals surface area contributed by atoms with Gasteiger partial charge in [0.15, 0.2) is 0 Å². The molecule has 0 aliphatic heterocycles. The quantitative estimate of drug-likeness (QED) is 0.470. The Labute approximate surface area is 162 Å². The van der Waals surface area contributed by atoms with Gasteiger partial charge in [-0.25, -0.2) is 14.0 Å². The fourth-order valence-corrected chi connectivity index (χ4v) is 2.35. The molecule has 2 N–H and O–H groups in total. The largest absolute Gasteiger partial charge is 0.467 e. The second-order valence-corrected chi connectivity index (χ2v) is 5.83. The molecule has 152 valence electrons. The topological polar surface area (TPSA) is 111 Å². The first kappa shape index (κ1) is 22.8. The Bertz CT molecular complexity index is 750. The molecule has 0 radical (unpaired) electrons. The van der Waals surface area contributed by atoms with Crippen LogP contribution < -0.4 is 10.6 Å². The smallest absolute Gasteiger partial charge is 0.330 e. The number of nitrogens with one attached hydrogen (secondary N) is 2. The first-order valence-corrected chi connectivity index (χ1v) is 8.41. The molecule has 0 fully saturated rings. The van der Waals surface area contributed by atoms with Crippen molar-refractivity contribution in [3.8, 4) is 0 Å². The van der Waals surface area contributed by atoms with Crippen molar-refractivity contribution >= 4 is 23.8 Å². The molecule has 1 aromatic carbocycles.